The van der Waals surface area contributed by atoms with Crippen LogP contribution in [0.1, 0.15) is 10.6 Å². The number of thiazole rings is 1. The van der Waals surface area contributed by atoms with E-state index in [9.17, 15) is 5.26 Å². The molecule has 0 saturated carbocycles. The second-order valence-electron chi connectivity index (χ2n) is 4.74. The third kappa shape index (κ3) is 3.70. The van der Waals surface area contributed by atoms with Crippen molar-refractivity contribution in [2.24, 2.45) is 0 Å². The molecule has 0 aliphatic heterocycles. The molecule has 0 aliphatic rings. The largest absolute Gasteiger partial charge is 0.235 e. The molecule has 112 valence electrons. The van der Waals surface area contributed by atoms with Crippen molar-refractivity contribution in [2.45, 2.75) is 0 Å². The molecule has 1 heterocycles. The summed E-state index contributed by atoms with van der Waals surface area (Å²) in [6.07, 6.45) is 1.77. The maximum atomic E-state index is 9.45. The van der Waals surface area contributed by atoms with Crippen molar-refractivity contribution < 1.29 is 0 Å². The Labute approximate surface area is 151 Å². The van der Waals surface area contributed by atoms with Gasteiger partial charge in [-0.15, -0.1) is 11.3 Å². The second-order valence-corrected chi connectivity index (χ2v) is 6.92. The molecular weight excluding hydrogens is 392 g/mol. The first-order valence-corrected chi connectivity index (χ1v) is 8.80. The Balaban J connectivity index is 1.96. The van der Waals surface area contributed by atoms with E-state index in [4.69, 9.17) is 11.6 Å². The molecule has 3 aromatic rings. The average molecular weight is 402 g/mol. The smallest absolute Gasteiger partial charge is 0.134 e. The van der Waals surface area contributed by atoms with Gasteiger partial charge in [-0.25, -0.2) is 4.98 Å². The first-order valence-electron chi connectivity index (χ1n) is 6.75. The van der Waals surface area contributed by atoms with E-state index in [1.54, 1.807) is 12.1 Å². The fourth-order valence-corrected chi connectivity index (χ4v) is 3.29. The summed E-state index contributed by atoms with van der Waals surface area (Å²) >= 11 is 11.0. The normalized spacial score (nSPS) is 11.3. The Morgan fingerprint density at radius 3 is 2.61 bits per heavy atom. The minimum Gasteiger partial charge on any atom is -0.235 e. The van der Waals surface area contributed by atoms with Crippen molar-refractivity contribution >= 4 is 50.5 Å². The summed E-state index contributed by atoms with van der Waals surface area (Å²) in [6.45, 7) is 0. The number of rotatable bonds is 3. The lowest BCUT2D eigenvalue weighted by molar-refractivity contribution is 1.37. The van der Waals surface area contributed by atoms with Crippen molar-refractivity contribution in [3.05, 3.63) is 74.0 Å². The van der Waals surface area contributed by atoms with Gasteiger partial charge < -0.3 is 0 Å². The zero-order valence-electron chi connectivity index (χ0n) is 11.8. The van der Waals surface area contributed by atoms with Gasteiger partial charge in [-0.3, -0.25) is 0 Å². The fraction of sp³-hybridized carbons (Fsp3) is 0. The summed E-state index contributed by atoms with van der Waals surface area (Å²) in [5, 5.41) is 12.7. The van der Waals surface area contributed by atoms with E-state index in [0.29, 0.717) is 15.6 Å². The van der Waals surface area contributed by atoms with Gasteiger partial charge in [0.2, 0.25) is 0 Å². The van der Waals surface area contributed by atoms with Gasteiger partial charge in [0, 0.05) is 20.4 Å². The predicted molar refractivity (Wildman–Crippen MR) is 100 cm³/mol. The topological polar surface area (TPSA) is 36.7 Å². The van der Waals surface area contributed by atoms with Crippen molar-refractivity contribution in [1.82, 2.24) is 4.98 Å². The third-order valence-electron chi connectivity index (χ3n) is 3.20. The molecule has 0 N–H and O–H groups in total. The van der Waals surface area contributed by atoms with E-state index in [-0.39, 0.29) is 0 Å². The number of allylic oxidation sites excluding steroid dienone is 1. The molecule has 2 nitrogen and oxygen atoms in total. The molecule has 0 bridgehead atoms. The molecular formula is C18H10BrClN2S. The Bertz CT molecular complexity index is 907. The summed E-state index contributed by atoms with van der Waals surface area (Å²) in [6, 6.07) is 17.6. The third-order valence-corrected chi connectivity index (χ3v) is 4.95. The van der Waals surface area contributed by atoms with Crippen LogP contribution in [0.2, 0.25) is 5.02 Å². The van der Waals surface area contributed by atoms with E-state index in [0.717, 1.165) is 21.3 Å². The maximum Gasteiger partial charge on any atom is 0.134 e. The summed E-state index contributed by atoms with van der Waals surface area (Å²) < 4.78 is 1.02. The molecule has 0 atom stereocenters. The van der Waals surface area contributed by atoms with E-state index < -0.39 is 0 Å². The van der Waals surface area contributed by atoms with Gasteiger partial charge >= 0.3 is 0 Å². The number of aromatic nitrogens is 1. The van der Waals surface area contributed by atoms with Gasteiger partial charge in [0.1, 0.15) is 11.1 Å². The highest BCUT2D eigenvalue weighted by Crippen LogP contribution is 2.29. The molecule has 0 aliphatic carbocycles. The number of hydrogen-bond acceptors (Lipinski definition) is 3. The van der Waals surface area contributed by atoms with Crippen LogP contribution in [0.4, 0.5) is 0 Å². The monoisotopic (exact) mass is 400 g/mol. The molecule has 23 heavy (non-hydrogen) atoms. The number of halogens is 2. The SMILES string of the molecule is N#C/C(=C/c1ccccc1Cl)c1nc(-c2ccc(Br)cc2)cs1. The van der Waals surface area contributed by atoms with Gasteiger partial charge in [-0.2, -0.15) is 5.26 Å². The Kier molecular flexibility index (Phi) is 4.92. The molecule has 0 radical (unpaired) electrons. The van der Waals surface area contributed by atoms with E-state index in [2.05, 4.69) is 27.0 Å². The van der Waals surface area contributed by atoms with Crippen LogP contribution in [0.5, 0.6) is 0 Å². The van der Waals surface area contributed by atoms with E-state index in [1.165, 1.54) is 11.3 Å². The van der Waals surface area contributed by atoms with Crippen LogP contribution < -0.4 is 0 Å². The van der Waals surface area contributed by atoms with Crippen LogP contribution >= 0.6 is 38.9 Å². The number of benzene rings is 2. The lowest BCUT2D eigenvalue weighted by Crippen LogP contribution is -1.83. The van der Waals surface area contributed by atoms with Crippen molar-refractivity contribution in [3.63, 3.8) is 0 Å². The highest BCUT2D eigenvalue weighted by molar-refractivity contribution is 9.10. The zero-order valence-corrected chi connectivity index (χ0v) is 15.0. The molecule has 0 saturated heterocycles. The highest BCUT2D eigenvalue weighted by atomic mass is 79.9. The van der Waals surface area contributed by atoms with Crippen LogP contribution in [0.25, 0.3) is 22.9 Å². The lowest BCUT2D eigenvalue weighted by atomic mass is 10.1. The Morgan fingerprint density at radius 1 is 1.17 bits per heavy atom. The summed E-state index contributed by atoms with van der Waals surface area (Å²) in [4.78, 5) is 4.58. The minimum atomic E-state index is 0.506. The summed E-state index contributed by atoms with van der Waals surface area (Å²) in [5.74, 6) is 0. The van der Waals surface area contributed by atoms with Crippen LogP contribution in [-0.2, 0) is 0 Å². The molecule has 5 heteroatoms. The van der Waals surface area contributed by atoms with Crippen LogP contribution in [-0.4, -0.2) is 4.98 Å². The molecule has 3 rings (SSSR count). The first kappa shape index (κ1) is 15.9. The summed E-state index contributed by atoms with van der Waals surface area (Å²) in [5.41, 5.74) is 3.20. The van der Waals surface area contributed by atoms with Crippen molar-refractivity contribution in [1.29, 1.82) is 5.26 Å². The number of nitriles is 1. The quantitative estimate of drug-likeness (QED) is 0.483. The van der Waals surface area contributed by atoms with Gasteiger partial charge in [0.05, 0.1) is 11.3 Å². The first-order chi connectivity index (χ1) is 11.2. The molecule has 0 spiro atoms. The molecule has 1 aromatic heterocycles. The fourth-order valence-electron chi connectivity index (χ4n) is 2.04. The lowest BCUT2D eigenvalue weighted by Gasteiger charge is -1.99. The molecule has 2 aromatic carbocycles. The standard InChI is InChI=1S/C18H10BrClN2S/c19-15-7-5-12(6-8-15)17-11-23-18(22-17)14(10-21)9-13-3-1-2-4-16(13)20/h1-9,11H/b14-9-. The van der Waals surface area contributed by atoms with Gasteiger partial charge in [0.25, 0.3) is 0 Å². The average Bonchev–Trinajstić information content (AvgIpc) is 3.04. The Hall–Kier alpha value is -1.93. The molecule has 0 unspecified atom stereocenters. The molecule has 0 amide bonds. The minimum absolute atomic E-state index is 0.506. The Morgan fingerprint density at radius 2 is 1.91 bits per heavy atom. The predicted octanol–water partition coefficient (Wildman–Crippen LogP) is 6.29. The van der Waals surface area contributed by atoms with Crippen LogP contribution in [0.15, 0.2) is 58.4 Å². The zero-order chi connectivity index (χ0) is 16.2. The van der Waals surface area contributed by atoms with Crippen LogP contribution in [0, 0.1) is 11.3 Å². The number of nitrogens with zero attached hydrogens (tertiary/aromatic N) is 2. The van der Waals surface area contributed by atoms with Crippen LogP contribution in [0.3, 0.4) is 0 Å². The van der Waals surface area contributed by atoms with E-state index in [1.807, 2.05) is 47.8 Å². The molecule has 0 fully saturated rings. The van der Waals surface area contributed by atoms with Crippen molar-refractivity contribution in [2.75, 3.05) is 0 Å². The van der Waals surface area contributed by atoms with E-state index >= 15 is 0 Å². The second kappa shape index (κ2) is 7.10. The van der Waals surface area contributed by atoms with Gasteiger partial charge in [-0.05, 0) is 29.8 Å². The summed E-state index contributed by atoms with van der Waals surface area (Å²) in [7, 11) is 0. The number of hydrogen-bond donors (Lipinski definition) is 0. The highest BCUT2D eigenvalue weighted by Gasteiger charge is 2.10. The maximum absolute atomic E-state index is 9.45. The van der Waals surface area contributed by atoms with Gasteiger partial charge in [-0.1, -0.05) is 57.9 Å². The van der Waals surface area contributed by atoms with Crippen molar-refractivity contribution in [3.8, 4) is 17.3 Å². The van der Waals surface area contributed by atoms with Gasteiger partial charge in [0.15, 0.2) is 0 Å².